The Bertz CT molecular complexity index is 426. The first-order chi connectivity index (χ1) is 7.91. The first-order valence-electron chi connectivity index (χ1n) is 5.10. The highest BCUT2D eigenvalue weighted by Crippen LogP contribution is 2.30. The summed E-state index contributed by atoms with van der Waals surface area (Å²) in [5.41, 5.74) is 0.0551. The van der Waals surface area contributed by atoms with E-state index in [-0.39, 0.29) is 10.7 Å². The first-order valence-corrected chi connectivity index (χ1v) is 6.27. The molecule has 0 aliphatic rings. The molecule has 0 aliphatic heterocycles. The molecule has 3 nitrogen and oxygen atoms in total. The average Bonchev–Trinajstić information content (AvgIpc) is 2.27. The largest absolute Gasteiger partial charge is 0.338 e. The second-order valence-corrected chi connectivity index (χ2v) is 5.18. The predicted molar refractivity (Wildman–Crippen MR) is 71.0 cm³/mol. The third-order valence-electron chi connectivity index (χ3n) is 1.95. The molecule has 0 aromatic heterocycles. The lowest BCUT2D eigenvalue weighted by Crippen LogP contribution is -2.31. The van der Waals surface area contributed by atoms with Gasteiger partial charge in [-0.25, -0.2) is 9.18 Å². The van der Waals surface area contributed by atoms with Gasteiger partial charge in [0.1, 0.15) is 0 Å². The van der Waals surface area contributed by atoms with Crippen molar-refractivity contribution in [2.75, 3.05) is 11.9 Å². The summed E-state index contributed by atoms with van der Waals surface area (Å²) < 4.78 is 14.1. The SMILES string of the molecule is CC(C)CNC(=O)Nc1ccc(Br)c(Cl)c1F. The van der Waals surface area contributed by atoms with Crippen molar-refractivity contribution in [1.29, 1.82) is 0 Å². The van der Waals surface area contributed by atoms with Crippen LogP contribution in [0.1, 0.15) is 13.8 Å². The summed E-state index contributed by atoms with van der Waals surface area (Å²) >= 11 is 8.80. The third kappa shape index (κ3) is 4.16. The average molecular weight is 324 g/mol. The van der Waals surface area contributed by atoms with Crippen LogP contribution in [0, 0.1) is 11.7 Å². The molecule has 17 heavy (non-hydrogen) atoms. The van der Waals surface area contributed by atoms with E-state index in [9.17, 15) is 9.18 Å². The van der Waals surface area contributed by atoms with E-state index < -0.39 is 11.8 Å². The molecule has 0 unspecified atom stereocenters. The van der Waals surface area contributed by atoms with Gasteiger partial charge in [-0.05, 0) is 34.0 Å². The van der Waals surface area contributed by atoms with Crippen molar-refractivity contribution in [2.45, 2.75) is 13.8 Å². The Labute approximate surface area is 113 Å². The predicted octanol–water partition coefficient (Wildman–Crippen LogP) is 4.02. The summed E-state index contributed by atoms with van der Waals surface area (Å²) in [5, 5.41) is 4.97. The van der Waals surface area contributed by atoms with Gasteiger partial charge >= 0.3 is 6.03 Å². The number of rotatable bonds is 3. The second kappa shape index (κ2) is 6.21. The number of carbonyl (C=O) groups is 1. The molecular formula is C11H13BrClFN2O. The molecule has 0 heterocycles. The minimum atomic E-state index is -0.652. The molecule has 0 radical (unpaired) electrons. The van der Waals surface area contributed by atoms with E-state index in [0.29, 0.717) is 16.9 Å². The van der Waals surface area contributed by atoms with E-state index in [1.165, 1.54) is 6.07 Å². The molecular weight excluding hydrogens is 310 g/mol. The summed E-state index contributed by atoms with van der Waals surface area (Å²) in [5.74, 6) is -0.320. The highest BCUT2D eigenvalue weighted by molar-refractivity contribution is 9.10. The van der Waals surface area contributed by atoms with Crippen molar-refractivity contribution >= 4 is 39.2 Å². The minimum absolute atomic E-state index is 0.0494. The fraction of sp³-hybridized carbons (Fsp3) is 0.364. The quantitative estimate of drug-likeness (QED) is 0.811. The Hall–Kier alpha value is -0.810. The zero-order chi connectivity index (χ0) is 13.0. The van der Waals surface area contributed by atoms with Gasteiger partial charge in [-0.2, -0.15) is 0 Å². The van der Waals surface area contributed by atoms with Crippen LogP contribution in [0.15, 0.2) is 16.6 Å². The normalized spacial score (nSPS) is 10.5. The number of hydrogen-bond acceptors (Lipinski definition) is 1. The fourth-order valence-electron chi connectivity index (χ4n) is 1.09. The van der Waals surface area contributed by atoms with Crippen LogP contribution in [0.5, 0.6) is 0 Å². The van der Waals surface area contributed by atoms with Gasteiger partial charge in [-0.15, -0.1) is 0 Å². The van der Waals surface area contributed by atoms with E-state index in [1.54, 1.807) is 6.07 Å². The number of anilines is 1. The Balaban J connectivity index is 2.69. The zero-order valence-electron chi connectivity index (χ0n) is 9.48. The molecule has 6 heteroatoms. The molecule has 1 rings (SSSR count). The van der Waals surface area contributed by atoms with Crippen LogP contribution < -0.4 is 10.6 Å². The second-order valence-electron chi connectivity index (χ2n) is 3.95. The third-order valence-corrected chi connectivity index (χ3v) is 3.21. The molecule has 0 fully saturated rings. The van der Waals surface area contributed by atoms with Crippen molar-refractivity contribution in [3.05, 3.63) is 27.4 Å². The van der Waals surface area contributed by atoms with Crippen molar-refractivity contribution < 1.29 is 9.18 Å². The highest BCUT2D eigenvalue weighted by Gasteiger charge is 2.12. The number of nitrogens with one attached hydrogen (secondary N) is 2. The number of hydrogen-bond donors (Lipinski definition) is 2. The Morgan fingerprint density at radius 1 is 1.53 bits per heavy atom. The standard InChI is InChI=1S/C11H13BrClFN2O/c1-6(2)5-15-11(17)16-8-4-3-7(12)9(13)10(8)14/h3-4,6H,5H2,1-2H3,(H2,15,16,17). The van der Waals surface area contributed by atoms with Crippen molar-refractivity contribution in [1.82, 2.24) is 5.32 Å². The number of halogens is 3. The van der Waals surface area contributed by atoms with Crippen LogP contribution in [0.3, 0.4) is 0 Å². The summed E-state index contributed by atoms with van der Waals surface area (Å²) in [4.78, 5) is 11.4. The summed E-state index contributed by atoms with van der Waals surface area (Å²) in [6.45, 7) is 4.46. The van der Waals surface area contributed by atoms with Crippen molar-refractivity contribution in [3.63, 3.8) is 0 Å². The molecule has 2 amide bonds. The minimum Gasteiger partial charge on any atom is -0.338 e. The van der Waals surface area contributed by atoms with Gasteiger partial charge in [0.05, 0.1) is 10.7 Å². The van der Waals surface area contributed by atoms with Crippen LogP contribution in [0.4, 0.5) is 14.9 Å². The van der Waals surface area contributed by atoms with E-state index in [4.69, 9.17) is 11.6 Å². The summed E-state index contributed by atoms with van der Waals surface area (Å²) in [6.07, 6.45) is 0. The topological polar surface area (TPSA) is 41.1 Å². The zero-order valence-corrected chi connectivity index (χ0v) is 11.8. The van der Waals surface area contributed by atoms with Gasteiger partial charge in [-0.1, -0.05) is 25.4 Å². The summed E-state index contributed by atoms with van der Waals surface area (Å²) in [7, 11) is 0. The van der Waals surface area contributed by atoms with E-state index in [0.717, 1.165) is 0 Å². The van der Waals surface area contributed by atoms with Crippen LogP contribution in [0.2, 0.25) is 5.02 Å². The molecule has 0 saturated carbocycles. The maximum atomic E-state index is 13.6. The fourth-order valence-corrected chi connectivity index (χ4v) is 1.56. The number of urea groups is 1. The van der Waals surface area contributed by atoms with E-state index in [2.05, 4.69) is 26.6 Å². The molecule has 1 aromatic rings. The highest BCUT2D eigenvalue weighted by atomic mass is 79.9. The Morgan fingerprint density at radius 3 is 2.76 bits per heavy atom. The van der Waals surface area contributed by atoms with Gasteiger partial charge in [0.15, 0.2) is 5.82 Å². The van der Waals surface area contributed by atoms with Crippen molar-refractivity contribution in [2.24, 2.45) is 5.92 Å². The lowest BCUT2D eigenvalue weighted by atomic mass is 10.2. The molecule has 0 bridgehead atoms. The van der Waals surface area contributed by atoms with Crippen LogP contribution in [-0.4, -0.2) is 12.6 Å². The van der Waals surface area contributed by atoms with Gasteiger partial charge in [0, 0.05) is 11.0 Å². The molecule has 0 aliphatic carbocycles. The first kappa shape index (κ1) is 14.3. The molecule has 94 valence electrons. The van der Waals surface area contributed by atoms with E-state index >= 15 is 0 Å². The van der Waals surface area contributed by atoms with Crippen LogP contribution in [0.25, 0.3) is 0 Å². The lowest BCUT2D eigenvalue weighted by Gasteiger charge is -2.11. The maximum absolute atomic E-state index is 13.6. The van der Waals surface area contributed by atoms with Gasteiger partial charge < -0.3 is 10.6 Å². The summed E-state index contributed by atoms with van der Waals surface area (Å²) in [6, 6.07) is 2.57. The smallest absolute Gasteiger partial charge is 0.319 e. The Kier molecular flexibility index (Phi) is 5.21. The number of amides is 2. The van der Waals surface area contributed by atoms with Crippen LogP contribution in [-0.2, 0) is 0 Å². The Morgan fingerprint density at radius 2 is 2.18 bits per heavy atom. The lowest BCUT2D eigenvalue weighted by molar-refractivity contribution is 0.250. The number of benzene rings is 1. The molecule has 1 aromatic carbocycles. The molecule has 2 N–H and O–H groups in total. The monoisotopic (exact) mass is 322 g/mol. The van der Waals surface area contributed by atoms with Crippen molar-refractivity contribution in [3.8, 4) is 0 Å². The number of carbonyl (C=O) groups excluding carboxylic acids is 1. The van der Waals surface area contributed by atoms with Gasteiger partial charge in [-0.3, -0.25) is 0 Å². The molecule has 0 saturated heterocycles. The van der Waals surface area contributed by atoms with Gasteiger partial charge in [0.25, 0.3) is 0 Å². The molecule has 0 atom stereocenters. The molecule has 0 spiro atoms. The van der Waals surface area contributed by atoms with E-state index in [1.807, 2.05) is 13.8 Å². The van der Waals surface area contributed by atoms with Gasteiger partial charge in [0.2, 0.25) is 0 Å². The maximum Gasteiger partial charge on any atom is 0.319 e. The van der Waals surface area contributed by atoms with Crippen LogP contribution >= 0.6 is 27.5 Å².